The van der Waals surface area contributed by atoms with Crippen molar-refractivity contribution in [2.24, 2.45) is 7.05 Å². The van der Waals surface area contributed by atoms with Gasteiger partial charge in [0.05, 0.1) is 23.9 Å². The van der Waals surface area contributed by atoms with Crippen LogP contribution < -0.4 is 5.32 Å². The van der Waals surface area contributed by atoms with Crippen LogP contribution in [0.15, 0.2) is 24.3 Å². The fourth-order valence-corrected chi connectivity index (χ4v) is 1.97. The van der Waals surface area contributed by atoms with E-state index in [1.807, 2.05) is 23.9 Å². The van der Waals surface area contributed by atoms with Gasteiger partial charge in [0.1, 0.15) is 0 Å². The van der Waals surface area contributed by atoms with Gasteiger partial charge in [-0.2, -0.15) is 5.10 Å². The lowest BCUT2D eigenvalue weighted by Crippen LogP contribution is -2.48. The van der Waals surface area contributed by atoms with E-state index < -0.39 is 0 Å². The highest BCUT2D eigenvalue weighted by atomic mass is 16.5. The molecule has 4 nitrogen and oxygen atoms in total. The number of aryl methyl sites for hydroxylation is 1. The molecule has 1 aromatic heterocycles. The Hall–Kier alpha value is -1.39. The highest BCUT2D eigenvalue weighted by Crippen LogP contribution is 2.18. The smallest absolute Gasteiger partial charge is 0.0960 e. The van der Waals surface area contributed by atoms with Gasteiger partial charge in [0.15, 0.2) is 0 Å². The van der Waals surface area contributed by atoms with Gasteiger partial charge in [-0.1, -0.05) is 18.2 Å². The molecule has 1 N–H and O–H groups in total. The second kappa shape index (κ2) is 3.88. The van der Waals surface area contributed by atoms with Crippen LogP contribution in [0, 0.1) is 0 Å². The van der Waals surface area contributed by atoms with E-state index in [2.05, 4.69) is 22.5 Å². The molecular formula is C12H15N3O. The van der Waals surface area contributed by atoms with Crippen LogP contribution in [0.4, 0.5) is 0 Å². The normalized spacial score (nSPS) is 16.6. The predicted molar refractivity (Wildman–Crippen MR) is 62.2 cm³/mol. The average Bonchev–Trinajstić information content (AvgIpc) is 2.55. The summed E-state index contributed by atoms with van der Waals surface area (Å²) in [6.07, 6.45) is 0.362. The monoisotopic (exact) mass is 217 g/mol. The van der Waals surface area contributed by atoms with Gasteiger partial charge >= 0.3 is 0 Å². The Kier molecular flexibility index (Phi) is 2.38. The van der Waals surface area contributed by atoms with Crippen molar-refractivity contribution >= 4 is 10.9 Å². The van der Waals surface area contributed by atoms with Crippen molar-refractivity contribution in [3.8, 4) is 0 Å². The first-order valence-electron chi connectivity index (χ1n) is 5.57. The molecule has 1 aliphatic rings. The summed E-state index contributed by atoms with van der Waals surface area (Å²) in [5.74, 6) is 0. The Morgan fingerprint density at radius 1 is 1.44 bits per heavy atom. The zero-order valence-electron chi connectivity index (χ0n) is 9.31. The number of hydrogen-bond acceptors (Lipinski definition) is 3. The summed E-state index contributed by atoms with van der Waals surface area (Å²) in [5, 5.41) is 8.87. The highest BCUT2D eigenvalue weighted by Gasteiger charge is 2.18. The summed E-state index contributed by atoms with van der Waals surface area (Å²) in [4.78, 5) is 0. The molecule has 0 aliphatic carbocycles. The zero-order chi connectivity index (χ0) is 11.0. The lowest BCUT2D eigenvalue weighted by molar-refractivity contribution is 0.00637. The second-order valence-corrected chi connectivity index (χ2v) is 4.18. The Balaban J connectivity index is 1.85. The van der Waals surface area contributed by atoms with Crippen molar-refractivity contribution in [2.75, 3.05) is 13.1 Å². The molecule has 1 fully saturated rings. The van der Waals surface area contributed by atoms with Crippen LogP contribution >= 0.6 is 0 Å². The second-order valence-electron chi connectivity index (χ2n) is 4.18. The molecule has 84 valence electrons. The summed E-state index contributed by atoms with van der Waals surface area (Å²) in [6.45, 7) is 2.53. The van der Waals surface area contributed by atoms with E-state index in [-0.39, 0.29) is 0 Å². The van der Waals surface area contributed by atoms with Gasteiger partial charge in [-0.15, -0.1) is 0 Å². The maximum absolute atomic E-state index is 5.75. The van der Waals surface area contributed by atoms with Crippen LogP contribution in [0.3, 0.4) is 0 Å². The number of ether oxygens (including phenoxy) is 1. The first-order valence-corrected chi connectivity index (χ1v) is 5.57. The minimum absolute atomic E-state index is 0.362. The standard InChI is InChI=1S/C12H15N3O/c1-15-12-5-3-2-4-10(12)11(14-15)8-16-9-6-13-7-9/h2-5,9,13H,6-8H2,1H3. The molecule has 4 heteroatoms. The van der Waals surface area contributed by atoms with Crippen molar-refractivity contribution in [1.29, 1.82) is 0 Å². The van der Waals surface area contributed by atoms with Crippen LogP contribution in [-0.4, -0.2) is 29.0 Å². The zero-order valence-corrected chi connectivity index (χ0v) is 9.31. The highest BCUT2D eigenvalue weighted by molar-refractivity contribution is 5.81. The third-order valence-corrected chi connectivity index (χ3v) is 3.03. The number of rotatable bonds is 3. The number of nitrogens with one attached hydrogen (secondary N) is 1. The molecule has 0 atom stereocenters. The molecule has 1 aliphatic heterocycles. The molecule has 16 heavy (non-hydrogen) atoms. The summed E-state index contributed by atoms with van der Waals surface area (Å²) in [7, 11) is 1.97. The van der Waals surface area contributed by atoms with Crippen molar-refractivity contribution in [1.82, 2.24) is 15.1 Å². The quantitative estimate of drug-likeness (QED) is 0.835. The maximum Gasteiger partial charge on any atom is 0.0960 e. The topological polar surface area (TPSA) is 39.1 Å². The maximum atomic E-state index is 5.75. The minimum Gasteiger partial charge on any atom is -0.369 e. The molecule has 3 rings (SSSR count). The minimum atomic E-state index is 0.362. The molecule has 2 heterocycles. The predicted octanol–water partition coefficient (Wildman–Crippen LogP) is 1.06. The molecule has 0 bridgehead atoms. The Bertz CT molecular complexity index is 502. The third-order valence-electron chi connectivity index (χ3n) is 3.03. The summed E-state index contributed by atoms with van der Waals surface area (Å²) < 4.78 is 7.66. The van der Waals surface area contributed by atoms with Gasteiger partial charge in [-0.05, 0) is 6.07 Å². The molecule has 0 amide bonds. The number of hydrogen-bond donors (Lipinski definition) is 1. The number of para-hydroxylation sites is 1. The van der Waals surface area contributed by atoms with E-state index in [0.717, 1.165) is 24.3 Å². The third kappa shape index (κ3) is 1.60. The first kappa shape index (κ1) is 9.81. The Morgan fingerprint density at radius 3 is 3.00 bits per heavy atom. The number of nitrogens with zero attached hydrogens (tertiary/aromatic N) is 2. The van der Waals surface area contributed by atoms with Crippen LogP contribution in [0.25, 0.3) is 10.9 Å². The van der Waals surface area contributed by atoms with Gasteiger partial charge in [-0.3, -0.25) is 4.68 Å². The van der Waals surface area contributed by atoms with Gasteiger partial charge in [-0.25, -0.2) is 0 Å². The molecule has 0 spiro atoms. The fraction of sp³-hybridized carbons (Fsp3) is 0.417. The molecule has 0 unspecified atom stereocenters. The number of aromatic nitrogens is 2. The van der Waals surface area contributed by atoms with E-state index >= 15 is 0 Å². The molecule has 0 saturated carbocycles. The largest absolute Gasteiger partial charge is 0.369 e. The van der Waals surface area contributed by atoms with Crippen LogP contribution in [0.1, 0.15) is 5.69 Å². The molecule has 1 saturated heterocycles. The van der Waals surface area contributed by atoms with Gasteiger partial charge in [0, 0.05) is 25.5 Å². The van der Waals surface area contributed by atoms with Crippen molar-refractivity contribution in [3.63, 3.8) is 0 Å². The molecule has 2 aromatic rings. The fourth-order valence-electron chi connectivity index (χ4n) is 1.97. The van der Waals surface area contributed by atoms with Crippen molar-refractivity contribution < 1.29 is 4.74 Å². The van der Waals surface area contributed by atoms with Gasteiger partial charge in [0.25, 0.3) is 0 Å². The Morgan fingerprint density at radius 2 is 2.25 bits per heavy atom. The van der Waals surface area contributed by atoms with Crippen molar-refractivity contribution in [2.45, 2.75) is 12.7 Å². The van der Waals surface area contributed by atoms with Crippen LogP contribution in [0.5, 0.6) is 0 Å². The average molecular weight is 217 g/mol. The van der Waals surface area contributed by atoms with Gasteiger partial charge < -0.3 is 10.1 Å². The Labute approximate surface area is 94.2 Å². The first-order chi connectivity index (χ1) is 7.84. The van der Waals surface area contributed by atoms with E-state index in [1.54, 1.807) is 0 Å². The van der Waals surface area contributed by atoms with Gasteiger partial charge in [0.2, 0.25) is 0 Å². The lowest BCUT2D eigenvalue weighted by Gasteiger charge is -2.26. The van der Waals surface area contributed by atoms with E-state index in [4.69, 9.17) is 4.74 Å². The number of benzene rings is 1. The van der Waals surface area contributed by atoms with Crippen molar-refractivity contribution in [3.05, 3.63) is 30.0 Å². The van der Waals surface area contributed by atoms with Crippen LogP contribution in [0.2, 0.25) is 0 Å². The summed E-state index contributed by atoms with van der Waals surface area (Å²) >= 11 is 0. The summed E-state index contributed by atoms with van der Waals surface area (Å²) in [5.41, 5.74) is 2.19. The summed E-state index contributed by atoms with van der Waals surface area (Å²) in [6, 6.07) is 8.25. The van der Waals surface area contributed by atoms with E-state index in [0.29, 0.717) is 12.7 Å². The lowest BCUT2D eigenvalue weighted by atomic mass is 10.2. The molecular weight excluding hydrogens is 202 g/mol. The SMILES string of the molecule is Cn1nc(COC2CNC2)c2ccccc21. The van der Waals surface area contributed by atoms with E-state index in [9.17, 15) is 0 Å². The number of fused-ring (bicyclic) bond motifs is 1. The van der Waals surface area contributed by atoms with Crippen LogP contribution in [-0.2, 0) is 18.4 Å². The molecule has 0 radical (unpaired) electrons. The molecule has 1 aromatic carbocycles. The van der Waals surface area contributed by atoms with E-state index in [1.165, 1.54) is 5.39 Å².